The minimum Gasteiger partial charge on any atom is -0.497 e. The van der Waals surface area contributed by atoms with Crippen molar-refractivity contribution in [1.82, 2.24) is 4.57 Å². The van der Waals surface area contributed by atoms with Crippen LogP contribution in [0.4, 0.5) is 0 Å². The molecule has 1 atom stereocenters. The molecule has 0 saturated carbocycles. The molecule has 0 amide bonds. The number of allylic oxidation sites excluding steroid dienone is 1. The number of hydrogen-bond acceptors (Lipinski definition) is 8. The summed E-state index contributed by atoms with van der Waals surface area (Å²) >= 11 is 5.70. The van der Waals surface area contributed by atoms with Gasteiger partial charge in [0.25, 0.3) is 5.56 Å². The molecule has 2 aromatic carbocycles. The van der Waals surface area contributed by atoms with Crippen molar-refractivity contribution in [2.24, 2.45) is 4.99 Å². The van der Waals surface area contributed by atoms with Gasteiger partial charge in [-0.2, -0.15) is 0 Å². The molecule has 39 heavy (non-hydrogen) atoms. The highest BCUT2D eigenvalue weighted by molar-refractivity contribution is 14.1. The van der Waals surface area contributed by atoms with Gasteiger partial charge in [-0.3, -0.25) is 9.36 Å². The third kappa shape index (κ3) is 5.94. The highest BCUT2D eigenvalue weighted by atomic mass is 127. The number of aromatic nitrogens is 1. The molecule has 0 fully saturated rings. The molecule has 8 nitrogen and oxygen atoms in total. The van der Waals surface area contributed by atoms with E-state index in [-0.39, 0.29) is 17.7 Å². The van der Waals surface area contributed by atoms with Crippen molar-refractivity contribution in [2.75, 3.05) is 27.4 Å². The van der Waals surface area contributed by atoms with Crippen LogP contribution >= 0.6 is 56.5 Å². The third-order valence-electron chi connectivity index (χ3n) is 5.92. The fourth-order valence-corrected chi connectivity index (χ4v) is 7.40. The molecular formula is C28H26I2N2O6S. The molecule has 0 N–H and O–H groups in total. The van der Waals surface area contributed by atoms with Crippen molar-refractivity contribution in [3.63, 3.8) is 0 Å². The number of thiazole rings is 1. The summed E-state index contributed by atoms with van der Waals surface area (Å²) in [7, 11) is 3.10. The van der Waals surface area contributed by atoms with E-state index >= 15 is 0 Å². The van der Waals surface area contributed by atoms with Crippen molar-refractivity contribution >= 4 is 68.6 Å². The van der Waals surface area contributed by atoms with E-state index in [9.17, 15) is 9.59 Å². The lowest BCUT2D eigenvalue weighted by Gasteiger charge is -2.26. The Bertz CT molecular complexity index is 1630. The van der Waals surface area contributed by atoms with Crippen LogP contribution in [0.3, 0.4) is 0 Å². The highest BCUT2D eigenvalue weighted by Gasteiger charge is 2.35. The van der Waals surface area contributed by atoms with Gasteiger partial charge in [0.05, 0.1) is 43.8 Å². The van der Waals surface area contributed by atoms with Crippen molar-refractivity contribution in [3.8, 4) is 17.2 Å². The summed E-state index contributed by atoms with van der Waals surface area (Å²) in [6, 6.07) is 8.41. The van der Waals surface area contributed by atoms with E-state index < -0.39 is 12.0 Å². The smallest absolute Gasteiger partial charge is 0.338 e. The summed E-state index contributed by atoms with van der Waals surface area (Å²) in [4.78, 5) is 32.2. The number of fused-ring (bicyclic) bond motifs is 1. The Kier molecular flexibility index (Phi) is 9.54. The number of carbonyl (C=O) groups is 1. The predicted octanol–water partition coefficient (Wildman–Crippen LogP) is 4.59. The molecule has 0 radical (unpaired) electrons. The number of rotatable bonds is 9. The second-order valence-electron chi connectivity index (χ2n) is 8.32. The monoisotopic (exact) mass is 772 g/mol. The van der Waals surface area contributed by atoms with E-state index in [1.165, 1.54) is 23.0 Å². The van der Waals surface area contributed by atoms with Crippen LogP contribution in [0.15, 0.2) is 64.0 Å². The van der Waals surface area contributed by atoms with Crippen LogP contribution in [0.25, 0.3) is 6.08 Å². The van der Waals surface area contributed by atoms with Crippen LogP contribution in [0.1, 0.15) is 31.0 Å². The molecule has 4 rings (SSSR count). The Labute approximate surface area is 256 Å². The molecule has 11 heteroatoms. The first-order valence-electron chi connectivity index (χ1n) is 11.9. The summed E-state index contributed by atoms with van der Waals surface area (Å²) in [5.41, 5.74) is 1.97. The first-order valence-corrected chi connectivity index (χ1v) is 14.9. The number of halogens is 2. The Morgan fingerprint density at radius 3 is 2.51 bits per heavy atom. The molecular weight excluding hydrogens is 746 g/mol. The molecule has 0 saturated heterocycles. The third-order valence-corrected chi connectivity index (χ3v) is 8.50. The number of ether oxygens (including phenoxy) is 4. The average Bonchev–Trinajstić information content (AvgIpc) is 3.21. The van der Waals surface area contributed by atoms with E-state index in [0.717, 1.165) is 18.5 Å². The second kappa shape index (κ2) is 12.7. The van der Waals surface area contributed by atoms with Crippen LogP contribution in [-0.4, -0.2) is 38.0 Å². The molecule has 1 aliphatic heterocycles. The molecule has 1 aliphatic rings. The van der Waals surface area contributed by atoms with E-state index in [1.807, 2.05) is 18.2 Å². The highest BCUT2D eigenvalue weighted by Crippen LogP contribution is 2.37. The van der Waals surface area contributed by atoms with E-state index in [0.29, 0.717) is 38.7 Å². The van der Waals surface area contributed by atoms with Gasteiger partial charge in [0, 0.05) is 11.6 Å². The largest absolute Gasteiger partial charge is 0.497 e. The standard InChI is InChI=1S/C28H26I2N2O6S/c1-6-10-38-25-19(29)11-16(12-20(25)30)13-22-26(33)32-24(18-9-8-17(35-4)14-21(18)36-5)23(27(34)37-7-2)15(3)31-28(32)39-22/h6,8-9,11-14,24H,1,7,10H2,2-5H3/b22-13-. The van der Waals surface area contributed by atoms with Gasteiger partial charge in [0.2, 0.25) is 0 Å². The molecule has 2 heterocycles. The normalized spacial score (nSPS) is 14.9. The van der Waals surface area contributed by atoms with Crippen LogP contribution < -0.4 is 29.1 Å². The lowest BCUT2D eigenvalue weighted by molar-refractivity contribution is -0.139. The van der Waals surface area contributed by atoms with Gasteiger partial charge in [-0.25, -0.2) is 9.79 Å². The Hall–Kier alpha value is -2.65. The minimum absolute atomic E-state index is 0.191. The number of nitrogens with zero attached hydrogens (tertiary/aromatic N) is 2. The van der Waals surface area contributed by atoms with Crippen molar-refractivity contribution in [2.45, 2.75) is 19.9 Å². The van der Waals surface area contributed by atoms with Crippen LogP contribution in [0.2, 0.25) is 0 Å². The lowest BCUT2D eigenvalue weighted by atomic mass is 9.95. The van der Waals surface area contributed by atoms with Gasteiger partial charge < -0.3 is 18.9 Å². The fraction of sp³-hybridized carbons (Fsp3) is 0.250. The molecule has 0 spiro atoms. The maximum absolute atomic E-state index is 13.9. The predicted molar refractivity (Wildman–Crippen MR) is 168 cm³/mol. The van der Waals surface area contributed by atoms with Crippen LogP contribution in [0, 0.1) is 7.14 Å². The van der Waals surface area contributed by atoms with Gasteiger partial charge in [-0.05, 0) is 94.9 Å². The quantitative estimate of drug-likeness (QED) is 0.180. The van der Waals surface area contributed by atoms with Gasteiger partial charge in [-0.1, -0.05) is 24.0 Å². The SMILES string of the molecule is C=CCOc1c(I)cc(/C=c2\sc3n(c2=O)C(c2ccc(OC)cc2OC)C(C(=O)OCC)=C(C)N=3)cc1I. The number of hydrogen-bond donors (Lipinski definition) is 0. The molecule has 3 aromatic rings. The summed E-state index contributed by atoms with van der Waals surface area (Å²) in [6.07, 6.45) is 3.53. The molecule has 1 aromatic heterocycles. The first-order chi connectivity index (χ1) is 18.7. The molecule has 204 valence electrons. The zero-order chi connectivity index (χ0) is 28.3. The Balaban J connectivity index is 1.94. The van der Waals surface area contributed by atoms with Gasteiger partial charge >= 0.3 is 5.97 Å². The van der Waals surface area contributed by atoms with Crippen LogP contribution in [0.5, 0.6) is 17.2 Å². The summed E-state index contributed by atoms with van der Waals surface area (Å²) in [5.74, 6) is 1.31. The fourth-order valence-electron chi connectivity index (χ4n) is 4.22. The number of benzene rings is 2. The van der Waals surface area contributed by atoms with Crippen LogP contribution in [-0.2, 0) is 9.53 Å². The van der Waals surface area contributed by atoms with E-state index in [4.69, 9.17) is 18.9 Å². The zero-order valence-corrected chi connectivity index (χ0v) is 26.9. The Morgan fingerprint density at radius 2 is 1.90 bits per heavy atom. The van der Waals surface area contributed by atoms with Gasteiger partial charge in [0.15, 0.2) is 4.80 Å². The summed E-state index contributed by atoms with van der Waals surface area (Å²) in [6.45, 7) is 7.78. The Morgan fingerprint density at radius 1 is 1.18 bits per heavy atom. The summed E-state index contributed by atoms with van der Waals surface area (Å²) < 4.78 is 26.0. The zero-order valence-electron chi connectivity index (χ0n) is 21.7. The lowest BCUT2D eigenvalue weighted by Crippen LogP contribution is -2.40. The van der Waals surface area contributed by atoms with Crippen molar-refractivity contribution in [3.05, 3.63) is 92.2 Å². The molecule has 0 bridgehead atoms. The number of esters is 1. The number of methoxy groups -OCH3 is 2. The van der Waals surface area contributed by atoms with Gasteiger partial charge in [-0.15, -0.1) is 0 Å². The molecule has 1 unspecified atom stereocenters. The maximum Gasteiger partial charge on any atom is 0.338 e. The topological polar surface area (TPSA) is 88.3 Å². The van der Waals surface area contributed by atoms with Gasteiger partial charge in [0.1, 0.15) is 29.9 Å². The second-order valence-corrected chi connectivity index (χ2v) is 11.7. The molecule has 0 aliphatic carbocycles. The van der Waals surface area contributed by atoms with Crippen molar-refractivity contribution < 1.29 is 23.7 Å². The minimum atomic E-state index is -0.793. The maximum atomic E-state index is 13.9. The average molecular weight is 772 g/mol. The summed E-state index contributed by atoms with van der Waals surface area (Å²) in [5, 5.41) is 0. The van der Waals surface area contributed by atoms with E-state index in [1.54, 1.807) is 45.2 Å². The number of carbonyl (C=O) groups excluding carboxylic acids is 1. The first kappa shape index (κ1) is 29.3. The van der Waals surface area contributed by atoms with Crippen molar-refractivity contribution in [1.29, 1.82) is 0 Å². The van der Waals surface area contributed by atoms with E-state index in [2.05, 4.69) is 56.8 Å².